The zero-order valence-electron chi connectivity index (χ0n) is 33.0. The molecule has 1 unspecified atom stereocenters. The van der Waals surface area contributed by atoms with Gasteiger partial charge in [-0.2, -0.15) is 13.2 Å². The van der Waals surface area contributed by atoms with Crippen LogP contribution in [0.15, 0.2) is 54.7 Å². The number of nitrogens with one attached hydrogen (secondary N) is 2. The molecule has 314 valence electrons. The van der Waals surface area contributed by atoms with Gasteiger partial charge in [0.1, 0.15) is 11.9 Å². The van der Waals surface area contributed by atoms with Gasteiger partial charge in [0.05, 0.1) is 35.1 Å². The Morgan fingerprint density at radius 1 is 0.800 bits per heavy atom. The van der Waals surface area contributed by atoms with Crippen LogP contribution in [0.5, 0.6) is 0 Å². The van der Waals surface area contributed by atoms with Crippen LogP contribution in [0.25, 0.3) is 4.85 Å². The van der Waals surface area contributed by atoms with Gasteiger partial charge in [0, 0.05) is 83.5 Å². The highest BCUT2D eigenvalue weighted by molar-refractivity contribution is 6.23. The van der Waals surface area contributed by atoms with Gasteiger partial charge in [-0.1, -0.05) is 12.1 Å². The van der Waals surface area contributed by atoms with Crippen molar-refractivity contribution in [1.29, 1.82) is 0 Å². The second kappa shape index (κ2) is 17.0. The number of aromatic nitrogens is 1. The van der Waals surface area contributed by atoms with E-state index < -0.39 is 47.1 Å². The molecule has 5 aliphatic rings. The van der Waals surface area contributed by atoms with Gasteiger partial charge in [-0.15, -0.1) is 0 Å². The second-order valence-electron chi connectivity index (χ2n) is 16.3. The number of fused-ring (bicyclic) bond motifs is 1. The fourth-order valence-corrected chi connectivity index (χ4v) is 9.06. The molecule has 0 radical (unpaired) electrons. The molecule has 0 saturated carbocycles. The molecule has 17 heteroatoms. The minimum Gasteiger partial charge on any atom is -0.372 e. The molecule has 0 spiro atoms. The molecule has 0 aliphatic carbocycles. The van der Waals surface area contributed by atoms with Crippen LogP contribution in [0, 0.1) is 18.4 Å². The zero-order valence-corrected chi connectivity index (χ0v) is 33.0. The lowest BCUT2D eigenvalue weighted by molar-refractivity contribution is -0.137. The van der Waals surface area contributed by atoms with E-state index in [2.05, 4.69) is 35.2 Å². The number of benzene rings is 2. The third-order valence-electron chi connectivity index (χ3n) is 12.5. The SMILES string of the molecule is [C-]#[N+]c1ccc(N2CCC(C(=O)Nc3ccc(N4CCC(CN5CCN(Cc6ccc7c(c6)C(=O)N(C6CCC(=O)NC6=O)C7=O)CC5)CC4)cn3)CC2)cc1C(F)(F)F. The van der Waals surface area contributed by atoms with E-state index in [-0.39, 0.29) is 30.2 Å². The fourth-order valence-electron chi connectivity index (χ4n) is 9.06. The van der Waals surface area contributed by atoms with Crippen molar-refractivity contribution in [3.05, 3.63) is 88.4 Å². The highest BCUT2D eigenvalue weighted by atomic mass is 19.4. The number of anilines is 3. The Hall–Kier alpha value is -5.86. The highest BCUT2D eigenvalue weighted by Crippen LogP contribution is 2.39. The molecular formula is C43H46F3N9O5. The van der Waals surface area contributed by atoms with Gasteiger partial charge in [0.25, 0.3) is 11.8 Å². The normalized spacial score (nSPS) is 21.2. The molecule has 4 saturated heterocycles. The molecule has 2 aromatic carbocycles. The first kappa shape index (κ1) is 40.9. The van der Waals surface area contributed by atoms with Crippen LogP contribution in [0.4, 0.5) is 36.1 Å². The largest absolute Gasteiger partial charge is 0.407 e. The topological polar surface area (TPSA) is 143 Å². The number of piperidine rings is 3. The van der Waals surface area contributed by atoms with Crippen molar-refractivity contribution in [1.82, 2.24) is 25.0 Å². The van der Waals surface area contributed by atoms with Crippen LogP contribution in [-0.2, 0) is 27.1 Å². The molecule has 4 fully saturated rings. The number of alkyl halides is 3. The first-order valence-corrected chi connectivity index (χ1v) is 20.5. The molecule has 0 bridgehead atoms. The third kappa shape index (κ3) is 8.71. The number of rotatable bonds is 9. The van der Waals surface area contributed by atoms with Gasteiger partial charge in [0.2, 0.25) is 17.7 Å². The van der Waals surface area contributed by atoms with Gasteiger partial charge in [-0.3, -0.25) is 39.1 Å². The number of halogens is 3. The highest BCUT2D eigenvalue weighted by Gasteiger charge is 2.45. The zero-order chi connectivity index (χ0) is 42.1. The molecule has 5 amide bonds. The van der Waals surface area contributed by atoms with Crippen molar-refractivity contribution in [2.75, 3.05) is 74.0 Å². The average Bonchev–Trinajstić information content (AvgIpc) is 3.49. The van der Waals surface area contributed by atoms with Gasteiger partial charge in [-0.25, -0.2) is 9.83 Å². The van der Waals surface area contributed by atoms with E-state index in [0.717, 1.165) is 80.9 Å². The van der Waals surface area contributed by atoms with E-state index in [0.29, 0.717) is 55.5 Å². The maximum Gasteiger partial charge on any atom is 0.407 e. The molecule has 60 heavy (non-hydrogen) atoms. The van der Waals surface area contributed by atoms with E-state index in [9.17, 15) is 37.1 Å². The van der Waals surface area contributed by atoms with E-state index in [1.165, 1.54) is 12.1 Å². The monoisotopic (exact) mass is 825 g/mol. The summed E-state index contributed by atoms with van der Waals surface area (Å²) in [7, 11) is 0. The van der Waals surface area contributed by atoms with Gasteiger partial charge >= 0.3 is 6.18 Å². The summed E-state index contributed by atoms with van der Waals surface area (Å²) in [6.45, 7) is 15.0. The summed E-state index contributed by atoms with van der Waals surface area (Å²) >= 11 is 0. The lowest BCUT2D eigenvalue weighted by atomic mass is 9.95. The minimum atomic E-state index is -4.62. The van der Waals surface area contributed by atoms with E-state index in [1.54, 1.807) is 18.3 Å². The second-order valence-corrected chi connectivity index (χ2v) is 16.3. The first-order valence-electron chi connectivity index (χ1n) is 20.5. The molecule has 2 N–H and O–H groups in total. The van der Waals surface area contributed by atoms with Gasteiger partial charge in [-0.05, 0) is 80.0 Å². The Bertz CT molecular complexity index is 2200. The Morgan fingerprint density at radius 3 is 2.13 bits per heavy atom. The quantitative estimate of drug-likeness (QED) is 0.225. The molecular weight excluding hydrogens is 780 g/mol. The van der Waals surface area contributed by atoms with E-state index in [4.69, 9.17) is 6.57 Å². The Balaban J connectivity index is 0.747. The van der Waals surface area contributed by atoms with Crippen LogP contribution in [0.2, 0.25) is 0 Å². The maximum atomic E-state index is 13.5. The van der Waals surface area contributed by atoms with Crippen molar-refractivity contribution in [3.8, 4) is 0 Å². The lowest BCUT2D eigenvalue weighted by Gasteiger charge is -2.39. The average molecular weight is 826 g/mol. The molecule has 8 rings (SSSR count). The van der Waals surface area contributed by atoms with Crippen LogP contribution in [0.1, 0.15) is 70.4 Å². The van der Waals surface area contributed by atoms with Crippen molar-refractivity contribution in [2.24, 2.45) is 11.8 Å². The fraction of sp³-hybridized carbons (Fsp3) is 0.465. The number of hydrogen-bond acceptors (Lipinski definition) is 10. The molecule has 3 aromatic rings. The summed E-state index contributed by atoms with van der Waals surface area (Å²) in [4.78, 5) is 80.9. The van der Waals surface area contributed by atoms with E-state index >= 15 is 0 Å². The first-order chi connectivity index (χ1) is 28.8. The number of amides is 5. The van der Waals surface area contributed by atoms with Gasteiger partial charge < -0.3 is 20.0 Å². The predicted octanol–water partition coefficient (Wildman–Crippen LogP) is 4.94. The Kier molecular flexibility index (Phi) is 11.6. The summed E-state index contributed by atoms with van der Waals surface area (Å²) in [5.41, 5.74) is 1.54. The molecule has 14 nitrogen and oxygen atoms in total. The summed E-state index contributed by atoms with van der Waals surface area (Å²) in [6, 6.07) is 11.8. The molecule has 6 heterocycles. The standard InChI is InChI=1S/C43H46F3N9O5/c1-47-35-6-3-30(23-34(35)43(44,45)46)53-16-12-29(13-17-53)39(57)49-37-8-4-31(24-48-37)54-14-10-27(11-15-54)25-51-18-20-52(21-19-51)26-28-2-5-32-33(22-28)42(60)55(41(32)59)36-7-9-38(56)50-40(36)58/h2-6,8,22-24,27,29,36H,7,9-21,25-26H2,(H,48,49,57)(H,50,56,58). The summed E-state index contributed by atoms with van der Waals surface area (Å²) in [5.74, 6) is -1.43. The molecule has 1 aromatic heterocycles. The number of piperazine rings is 1. The van der Waals surface area contributed by atoms with Crippen LogP contribution in [0.3, 0.4) is 0 Å². The number of pyridine rings is 1. The van der Waals surface area contributed by atoms with Crippen molar-refractivity contribution >= 4 is 52.4 Å². The van der Waals surface area contributed by atoms with Crippen LogP contribution in [-0.4, -0.2) is 114 Å². The lowest BCUT2D eigenvalue weighted by Crippen LogP contribution is -2.54. The van der Waals surface area contributed by atoms with Crippen LogP contribution < -0.4 is 20.4 Å². The van der Waals surface area contributed by atoms with Crippen molar-refractivity contribution in [2.45, 2.75) is 57.3 Å². The summed E-state index contributed by atoms with van der Waals surface area (Å²) in [6.07, 6.45) is 0.447. The third-order valence-corrected chi connectivity index (χ3v) is 12.5. The van der Waals surface area contributed by atoms with Crippen LogP contribution >= 0.6 is 0 Å². The van der Waals surface area contributed by atoms with E-state index in [1.807, 2.05) is 23.1 Å². The smallest absolute Gasteiger partial charge is 0.372 e. The van der Waals surface area contributed by atoms with Crippen molar-refractivity contribution in [3.63, 3.8) is 0 Å². The maximum absolute atomic E-state index is 13.5. The number of carbonyl (C=O) groups excluding carboxylic acids is 5. The molecule has 5 aliphatic heterocycles. The predicted molar refractivity (Wildman–Crippen MR) is 215 cm³/mol. The number of hydrogen-bond donors (Lipinski definition) is 2. The summed E-state index contributed by atoms with van der Waals surface area (Å²) in [5, 5.41) is 5.14. The summed E-state index contributed by atoms with van der Waals surface area (Å²) < 4.78 is 40.4. The van der Waals surface area contributed by atoms with Crippen molar-refractivity contribution < 1.29 is 37.1 Å². The Labute approximate surface area is 345 Å². The molecule has 1 atom stereocenters. The number of imide groups is 2. The minimum absolute atomic E-state index is 0.0818. The number of carbonyl (C=O) groups is 5. The Morgan fingerprint density at radius 2 is 1.47 bits per heavy atom. The van der Waals surface area contributed by atoms with Gasteiger partial charge in [0.15, 0.2) is 5.69 Å². The number of nitrogens with zero attached hydrogens (tertiary/aromatic N) is 7.